The van der Waals surface area contributed by atoms with Gasteiger partial charge in [-0.15, -0.1) is 0 Å². The van der Waals surface area contributed by atoms with Gasteiger partial charge < -0.3 is 11.1 Å². The van der Waals surface area contributed by atoms with Gasteiger partial charge in [0.1, 0.15) is 5.82 Å². The van der Waals surface area contributed by atoms with Crippen molar-refractivity contribution < 1.29 is 9.18 Å². The molecule has 17 heavy (non-hydrogen) atoms. The van der Waals surface area contributed by atoms with Gasteiger partial charge in [0.2, 0.25) is 0 Å². The zero-order valence-corrected chi connectivity index (χ0v) is 10.8. The zero-order valence-electron chi connectivity index (χ0n) is 10.0. The number of halogens is 1. The van der Waals surface area contributed by atoms with Gasteiger partial charge in [0, 0.05) is 0 Å². The molecular weight excluding hydrogens is 239 g/mol. The van der Waals surface area contributed by atoms with Crippen LogP contribution in [-0.4, -0.2) is 16.4 Å². The first kappa shape index (κ1) is 13.6. The molecular formula is C12H15FN2OS. The van der Waals surface area contributed by atoms with Gasteiger partial charge in [-0.05, 0) is 32.4 Å². The van der Waals surface area contributed by atoms with Crippen molar-refractivity contribution in [3.63, 3.8) is 0 Å². The van der Waals surface area contributed by atoms with Crippen LogP contribution < -0.4 is 11.1 Å². The molecule has 0 radical (unpaired) electrons. The van der Waals surface area contributed by atoms with Crippen LogP contribution in [-0.2, 0) is 0 Å². The van der Waals surface area contributed by atoms with Gasteiger partial charge in [-0.2, -0.15) is 0 Å². The van der Waals surface area contributed by atoms with Crippen LogP contribution in [0.25, 0.3) is 0 Å². The number of thiocarbonyl (C=S) groups is 1. The first-order valence-electron chi connectivity index (χ1n) is 5.13. The molecule has 0 bridgehead atoms. The molecule has 0 aromatic heterocycles. The number of hydrogen-bond acceptors (Lipinski definition) is 2. The van der Waals surface area contributed by atoms with Gasteiger partial charge in [-0.3, -0.25) is 4.79 Å². The highest BCUT2D eigenvalue weighted by Crippen LogP contribution is 2.13. The largest absolute Gasteiger partial charge is 0.391 e. The highest BCUT2D eigenvalue weighted by molar-refractivity contribution is 7.80. The maximum Gasteiger partial charge on any atom is 0.255 e. The van der Waals surface area contributed by atoms with Crippen molar-refractivity contribution in [1.82, 2.24) is 5.32 Å². The van der Waals surface area contributed by atoms with E-state index in [4.69, 9.17) is 18.0 Å². The van der Waals surface area contributed by atoms with Crippen LogP contribution in [0.3, 0.4) is 0 Å². The maximum absolute atomic E-state index is 13.7. The van der Waals surface area contributed by atoms with E-state index < -0.39 is 17.3 Å². The Morgan fingerprint density at radius 1 is 1.47 bits per heavy atom. The zero-order chi connectivity index (χ0) is 13.2. The minimum atomic E-state index is -0.845. The van der Waals surface area contributed by atoms with Crippen molar-refractivity contribution in [1.29, 1.82) is 0 Å². The van der Waals surface area contributed by atoms with Gasteiger partial charge in [0.25, 0.3) is 5.91 Å². The fourth-order valence-electron chi connectivity index (χ4n) is 1.24. The van der Waals surface area contributed by atoms with Crippen LogP contribution in [0.15, 0.2) is 18.2 Å². The van der Waals surface area contributed by atoms with E-state index in [9.17, 15) is 9.18 Å². The molecule has 0 saturated carbocycles. The standard InChI is InChI=1S/C12H15FN2OS/c1-7-5-4-6-8(9(7)13)10(16)15-12(2,3)11(14)17/h4-6H,1-3H3,(H2,14,17)(H,15,16). The summed E-state index contributed by atoms with van der Waals surface area (Å²) in [6.45, 7) is 4.94. The third kappa shape index (κ3) is 3.00. The second kappa shape index (κ2) is 4.79. The summed E-state index contributed by atoms with van der Waals surface area (Å²) in [6, 6.07) is 4.65. The lowest BCUT2D eigenvalue weighted by Crippen LogP contribution is -2.52. The van der Waals surface area contributed by atoms with Gasteiger partial charge in [-0.1, -0.05) is 24.4 Å². The molecule has 1 aromatic carbocycles. The summed E-state index contributed by atoms with van der Waals surface area (Å²) < 4.78 is 13.7. The monoisotopic (exact) mass is 254 g/mol. The van der Waals surface area contributed by atoms with Crippen molar-refractivity contribution in [2.75, 3.05) is 0 Å². The number of carbonyl (C=O) groups excluding carboxylic acids is 1. The van der Waals surface area contributed by atoms with Crippen molar-refractivity contribution in [3.8, 4) is 0 Å². The Balaban J connectivity index is 2.99. The highest BCUT2D eigenvalue weighted by atomic mass is 32.1. The van der Waals surface area contributed by atoms with E-state index in [1.165, 1.54) is 6.07 Å². The highest BCUT2D eigenvalue weighted by Gasteiger charge is 2.25. The predicted molar refractivity (Wildman–Crippen MR) is 69.5 cm³/mol. The summed E-state index contributed by atoms with van der Waals surface area (Å²) in [5, 5.41) is 2.59. The Morgan fingerprint density at radius 2 is 2.06 bits per heavy atom. The SMILES string of the molecule is Cc1cccc(C(=O)NC(C)(C)C(N)=S)c1F. The van der Waals surface area contributed by atoms with Crippen LogP contribution in [0.5, 0.6) is 0 Å². The molecule has 0 fully saturated rings. The van der Waals surface area contributed by atoms with Gasteiger partial charge in [0.15, 0.2) is 0 Å². The van der Waals surface area contributed by atoms with E-state index in [1.54, 1.807) is 32.9 Å². The molecule has 3 nitrogen and oxygen atoms in total. The van der Waals surface area contributed by atoms with Crippen LogP contribution >= 0.6 is 12.2 Å². The van der Waals surface area contributed by atoms with Crippen LogP contribution in [0.4, 0.5) is 4.39 Å². The molecule has 0 atom stereocenters. The molecule has 0 aliphatic rings. The number of nitrogens with two attached hydrogens (primary N) is 1. The second-order valence-electron chi connectivity index (χ2n) is 4.38. The lowest BCUT2D eigenvalue weighted by Gasteiger charge is -2.24. The van der Waals surface area contributed by atoms with Crippen molar-refractivity contribution in [2.24, 2.45) is 5.73 Å². The number of amides is 1. The Kier molecular flexibility index (Phi) is 3.83. The molecule has 1 aromatic rings. The molecule has 0 spiro atoms. The summed E-state index contributed by atoms with van der Waals surface area (Å²) in [7, 11) is 0. The first-order chi connectivity index (χ1) is 7.75. The van der Waals surface area contributed by atoms with Crippen LogP contribution in [0.1, 0.15) is 29.8 Å². The number of carbonyl (C=O) groups is 1. The van der Waals surface area contributed by atoms with E-state index in [2.05, 4.69) is 5.32 Å². The molecule has 5 heteroatoms. The van der Waals surface area contributed by atoms with Crippen molar-refractivity contribution in [2.45, 2.75) is 26.3 Å². The Labute approximate surface area is 105 Å². The summed E-state index contributed by atoms with van der Waals surface area (Å²) in [5.74, 6) is -1.05. The second-order valence-corrected chi connectivity index (χ2v) is 4.82. The molecule has 0 heterocycles. The smallest absolute Gasteiger partial charge is 0.255 e. The fourth-order valence-corrected chi connectivity index (χ4v) is 1.29. The number of hydrogen-bond donors (Lipinski definition) is 2. The topological polar surface area (TPSA) is 55.1 Å². The number of nitrogens with one attached hydrogen (secondary N) is 1. The normalized spacial score (nSPS) is 11.1. The summed E-state index contributed by atoms with van der Waals surface area (Å²) in [4.78, 5) is 12.0. The minimum absolute atomic E-state index is 0.00525. The summed E-state index contributed by atoms with van der Waals surface area (Å²) >= 11 is 4.83. The van der Waals surface area contributed by atoms with E-state index in [0.29, 0.717) is 5.56 Å². The van der Waals surface area contributed by atoms with Gasteiger partial charge >= 0.3 is 0 Å². The van der Waals surface area contributed by atoms with E-state index in [0.717, 1.165) is 0 Å². The van der Waals surface area contributed by atoms with E-state index in [-0.39, 0.29) is 10.6 Å². The van der Waals surface area contributed by atoms with Crippen LogP contribution in [0.2, 0.25) is 0 Å². The Morgan fingerprint density at radius 3 is 2.59 bits per heavy atom. The maximum atomic E-state index is 13.7. The third-order valence-corrected chi connectivity index (χ3v) is 2.99. The molecule has 92 valence electrons. The molecule has 1 amide bonds. The average molecular weight is 254 g/mol. The molecule has 1 rings (SSSR count). The molecule has 0 unspecified atom stereocenters. The Hall–Kier alpha value is -1.49. The number of rotatable bonds is 3. The van der Waals surface area contributed by atoms with E-state index in [1.807, 2.05) is 0 Å². The average Bonchev–Trinajstić information content (AvgIpc) is 2.21. The van der Waals surface area contributed by atoms with Gasteiger partial charge in [-0.25, -0.2) is 4.39 Å². The molecule has 0 aliphatic heterocycles. The minimum Gasteiger partial charge on any atom is -0.391 e. The lowest BCUT2D eigenvalue weighted by molar-refractivity contribution is 0.0928. The summed E-state index contributed by atoms with van der Waals surface area (Å²) in [6.07, 6.45) is 0. The van der Waals surface area contributed by atoms with Gasteiger partial charge in [0.05, 0.1) is 16.1 Å². The fraction of sp³-hybridized carbons (Fsp3) is 0.333. The molecule has 3 N–H and O–H groups in total. The summed E-state index contributed by atoms with van der Waals surface area (Å²) in [5.41, 5.74) is 5.06. The quantitative estimate of drug-likeness (QED) is 0.810. The predicted octanol–water partition coefficient (Wildman–Crippen LogP) is 1.93. The number of aryl methyl sites for hydroxylation is 1. The molecule has 0 aliphatic carbocycles. The van der Waals surface area contributed by atoms with Crippen molar-refractivity contribution in [3.05, 3.63) is 35.1 Å². The third-order valence-electron chi connectivity index (χ3n) is 2.48. The Bertz CT molecular complexity index is 472. The first-order valence-corrected chi connectivity index (χ1v) is 5.54. The molecule has 0 saturated heterocycles. The van der Waals surface area contributed by atoms with E-state index >= 15 is 0 Å². The van der Waals surface area contributed by atoms with Crippen molar-refractivity contribution >= 4 is 23.1 Å². The number of benzene rings is 1. The van der Waals surface area contributed by atoms with Crippen LogP contribution in [0, 0.1) is 12.7 Å². The lowest BCUT2D eigenvalue weighted by atomic mass is 10.0.